The van der Waals surface area contributed by atoms with Gasteiger partial charge in [0.1, 0.15) is 0 Å². The molecule has 1 aliphatic heterocycles. The van der Waals surface area contributed by atoms with E-state index < -0.39 is 11.8 Å². The Morgan fingerprint density at radius 1 is 1.26 bits per heavy atom. The van der Waals surface area contributed by atoms with Gasteiger partial charge in [0.15, 0.2) is 5.13 Å². The Balaban J connectivity index is 1.82. The van der Waals surface area contributed by atoms with Crippen molar-refractivity contribution in [2.45, 2.75) is 12.8 Å². The van der Waals surface area contributed by atoms with Crippen molar-refractivity contribution >= 4 is 34.2 Å². The van der Waals surface area contributed by atoms with E-state index in [1.54, 1.807) is 5.38 Å². The Kier molecular flexibility index (Phi) is 4.58. The number of thiazole rings is 1. The molecule has 2 rings (SSSR count). The van der Waals surface area contributed by atoms with E-state index in [0.29, 0.717) is 18.0 Å². The largest absolute Gasteiger partial charge is 0.317 e. The van der Waals surface area contributed by atoms with E-state index in [0.717, 1.165) is 13.1 Å². The van der Waals surface area contributed by atoms with Gasteiger partial charge in [-0.25, -0.2) is 4.98 Å². The number of carbonyl (C=O) groups is 3. The molecule has 0 unspecified atom stereocenters. The van der Waals surface area contributed by atoms with Crippen LogP contribution in [0.1, 0.15) is 12.8 Å². The number of aromatic nitrogens is 1. The van der Waals surface area contributed by atoms with E-state index in [9.17, 15) is 14.4 Å². The van der Waals surface area contributed by atoms with Gasteiger partial charge in [-0.15, -0.1) is 11.3 Å². The topological polar surface area (TPSA) is 100 Å². The fourth-order valence-electron chi connectivity index (χ4n) is 1.79. The van der Waals surface area contributed by atoms with Crippen LogP contribution < -0.4 is 16.0 Å². The zero-order chi connectivity index (χ0) is 13.7. The van der Waals surface area contributed by atoms with Crippen LogP contribution in [0.15, 0.2) is 11.6 Å². The third kappa shape index (κ3) is 3.83. The zero-order valence-corrected chi connectivity index (χ0v) is 11.0. The lowest BCUT2D eigenvalue weighted by Crippen LogP contribution is -2.44. The maximum absolute atomic E-state index is 11.8. The van der Waals surface area contributed by atoms with Gasteiger partial charge in [-0.3, -0.25) is 25.0 Å². The Morgan fingerprint density at radius 3 is 2.63 bits per heavy atom. The Bertz CT molecular complexity index is 468. The van der Waals surface area contributed by atoms with Gasteiger partial charge in [-0.1, -0.05) is 0 Å². The summed E-state index contributed by atoms with van der Waals surface area (Å²) in [4.78, 5) is 38.6. The standard InChI is InChI=1S/C11H14N4O3S/c16-8(7-1-3-12-4-2-7)14-9(17)10(18)15-11-13-5-6-19-11/h5-7,12H,1-4H2,(H,13,15,18)(H,14,16,17). The van der Waals surface area contributed by atoms with Crippen LogP contribution in [0.25, 0.3) is 0 Å². The van der Waals surface area contributed by atoms with Crippen molar-refractivity contribution in [3.63, 3.8) is 0 Å². The van der Waals surface area contributed by atoms with Crippen molar-refractivity contribution in [2.24, 2.45) is 5.92 Å². The Morgan fingerprint density at radius 2 is 2.00 bits per heavy atom. The summed E-state index contributed by atoms with van der Waals surface area (Å²) in [5.74, 6) is -2.42. The second-order valence-corrected chi connectivity index (χ2v) is 5.03. The number of rotatable bonds is 2. The first kappa shape index (κ1) is 13.6. The number of nitrogens with zero attached hydrogens (tertiary/aromatic N) is 1. The molecule has 1 saturated heterocycles. The number of carbonyl (C=O) groups excluding carboxylic acids is 3. The van der Waals surface area contributed by atoms with Gasteiger partial charge in [0.2, 0.25) is 5.91 Å². The summed E-state index contributed by atoms with van der Waals surface area (Å²) >= 11 is 1.20. The minimum atomic E-state index is -0.946. The van der Waals surface area contributed by atoms with Gasteiger partial charge in [-0.2, -0.15) is 0 Å². The highest BCUT2D eigenvalue weighted by Gasteiger charge is 2.25. The lowest BCUT2D eigenvalue weighted by atomic mass is 9.97. The van der Waals surface area contributed by atoms with Crippen molar-refractivity contribution in [1.82, 2.24) is 15.6 Å². The van der Waals surface area contributed by atoms with Gasteiger partial charge in [0, 0.05) is 17.5 Å². The maximum atomic E-state index is 11.8. The molecule has 1 fully saturated rings. The van der Waals surface area contributed by atoms with Crippen LogP contribution in [0.5, 0.6) is 0 Å². The molecular formula is C11H14N4O3S. The predicted molar refractivity (Wildman–Crippen MR) is 69.5 cm³/mol. The van der Waals surface area contributed by atoms with E-state index in [-0.39, 0.29) is 11.8 Å². The number of nitrogens with one attached hydrogen (secondary N) is 3. The molecule has 0 aliphatic carbocycles. The molecule has 1 aliphatic rings. The summed E-state index contributed by atoms with van der Waals surface area (Å²) in [5.41, 5.74) is 0. The number of piperidine rings is 1. The first-order valence-electron chi connectivity index (χ1n) is 5.93. The number of hydrogen-bond donors (Lipinski definition) is 3. The molecule has 1 aromatic heterocycles. The van der Waals surface area contributed by atoms with Crippen LogP contribution in [0, 0.1) is 5.92 Å². The molecule has 8 heteroatoms. The van der Waals surface area contributed by atoms with Gasteiger partial charge < -0.3 is 5.32 Å². The molecular weight excluding hydrogens is 268 g/mol. The second-order valence-electron chi connectivity index (χ2n) is 4.13. The highest BCUT2D eigenvalue weighted by molar-refractivity contribution is 7.13. The smallest absolute Gasteiger partial charge is 0.316 e. The van der Waals surface area contributed by atoms with E-state index in [2.05, 4.69) is 20.9 Å². The quantitative estimate of drug-likeness (QED) is 0.648. The molecule has 2 heterocycles. The average molecular weight is 282 g/mol. The molecule has 0 saturated carbocycles. The van der Waals surface area contributed by atoms with Crippen molar-refractivity contribution in [3.8, 4) is 0 Å². The first-order chi connectivity index (χ1) is 9.16. The SMILES string of the molecule is O=C(NC(=O)C1CCNCC1)C(=O)Nc1nccs1. The Labute approximate surface area is 113 Å². The van der Waals surface area contributed by atoms with E-state index in [1.165, 1.54) is 17.5 Å². The van der Waals surface area contributed by atoms with Crippen molar-refractivity contribution in [2.75, 3.05) is 18.4 Å². The molecule has 102 valence electrons. The molecule has 1 aromatic rings. The summed E-state index contributed by atoms with van der Waals surface area (Å²) in [6.45, 7) is 1.50. The minimum absolute atomic E-state index is 0.210. The minimum Gasteiger partial charge on any atom is -0.317 e. The fraction of sp³-hybridized carbons (Fsp3) is 0.455. The normalized spacial score (nSPS) is 15.8. The molecule has 0 atom stereocenters. The van der Waals surface area contributed by atoms with E-state index in [1.807, 2.05) is 0 Å². The summed E-state index contributed by atoms with van der Waals surface area (Å²) in [7, 11) is 0. The van der Waals surface area contributed by atoms with Crippen molar-refractivity contribution in [3.05, 3.63) is 11.6 Å². The van der Waals surface area contributed by atoms with E-state index in [4.69, 9.17) is 0 Å². The van der Waals surface area contributed by atoms with Crippen LogP contribution in [0.4, 0.5) is 5.13 Å². The second kappa shape index (κ2) is 6.39. The van der Waals surface area contributed by atoms with Crippen molar-refractivity contribution < 1.29 is 14.4 Å². The number of anilines is 1. The van der Waals surface area contributed by atoms with Gasteiger partial charge >= 0.3 is 11.8 Å². The van der Waals surface area contributed by atoms with Gasteiger partial charge in [-0.05, 0) is 25.9 Å². The lowest BCUT2D eigenvalue weighted by Gasteiger charge is -2.21. The Hall–Kier alpha value is -1.80. The summed E-state index contributed by atoms with van der Waals surface area (Å²) in [6, 6.07) is 0. The maximum Gasteiger partial charge on any atom is 0.316 e. The van der Waals surface area contributed by atoms with Gasteiger partial charge in [0.25, 0.3) is 0 Å². The highest BCUT2D eigenvalue weighted by atomic mass is 32.1. The average Bonchev–Trinajstić information content (AvgIpc) is 2.92. The van der Waals surface area contributed by atoms with Crippen LogP contribution in [-0.2, 0) is 14.4 Å². The molecule has 0 bridgehead atoms. The molecule has 7 nitrogen and oxygen atoms in total. The summed E-state index contributed by atoms with van der Waals surface area (Å²) in [5, 5.41) is 9.57. The molecule has 0 aromatic carbocycles. The summed E-state index contributed by atoms with van der Waals surface area (Å²) in [6.07, 6.45) is 2.86. The zero-order valence-electron chi connectivity index (χ0n) is 10.1. The third-order valence-electron chi connectivity index (χ3n) is 2.81. The van der Waals surface area contributed by atoms with Crippen LogP contribution in [0.2, 0.25) is 0 Å². The number of hydrogen-bond acceptors (Lipinski definition) is 6. The monoisotopic (exact) mass is 282 g/mol. The highest BCUT2D eigenvalue weighted by Crippen LogP contribution is 2.12. The molecule has 3 N–H and O–H groups in total. The molecule has 0 spiro atoms. The summed E-state index contributed by atoms with van der Waals surface area (Å²) < 4.78 is 0. The van der Waals surface area contributed by atoms with Gasteiger partial charge in [0.05, 0.1) is 0 Å². The predicted octanol–water partition coefficient (Wildman–Crippen LogP) is -0.276. The third-order valence-corrected chi connectivity index (χ3v) is 3.49. The molecule has 0 radical (unpaired) electrons. The fourth-order valence-corrected chi connectivity index (χ4v) is 2.32. The van der Waals surface area contributed by atoms with E-state index >= 15 is 0 Å². The molecule has 3 amide bonds. The number of imide groups is 1. The van der Waals surface area contributed by atoms with Crippen LogP contribution in [-0.4, -0.2) is 35.8 Å². The first-order valence-corrected chi connectivity index (χ1v) is 6.81. The molecule has 19 heavy (non-hydrogen) atoms. The van der Waals surface area contributed by atoms with Crippen molar-refractivity contribution in [1.29, 1.82) is 0 Å². The number of amides is 3. The lowest BCUT2D eigenvalue weighted by molar-refractivity contribution is -0.141. The van der Waals surface area contributed by atoms with Crippen LogP contribution in [0.3, 0.4) is 0 Å². The van der Waals surface area contributed by atoms with Crippen LogP contribution >= 0.6 is 11.3 Å².